The third-order valence-corrected chi connectivity index (χ3v) is 7.20. The third-order valence-electron chi connectivity index (χ3n) is 7.20. The van der Waals surface area contributed by atoms with Crippen molar-refractivity contribution in [1.82, 2.24) is 29.1 Å². The molecule has 1 atom stereocenters. The number of carbonyl (C=O) groups excluding carboxylic acids is 1. The van der Waals surface area contributed by atoms with E-state index < -0.39 is 6.09 Å². The summed E-state index contributed by atoms with van der Waals surface area (Å²) in [5, 5.41) is 49.3. The maximum Gasteiger partial charge on any atom is 0.407 e. The fourth-order valence-corrected chi connectivity index (χ4v) is 5.10. The number of aromatic nitrogens is 4. The number of phenolic OH excluding ortho intramolecular Hbond substituents is 2. The number of hydrogen-bond acceptors (Lipinski definition) is 7. The minimum Gasteiger partial charge on any atom is -0.508 e. The standard InChI is InChI=1S/C27H30N6O6/c1-15(2)19-11-20(23(35)12-22(19)34)25-28-29-26(37)33(25)18-4-5-21-17(10-18)6-7-30(21)14-24(36)31-8-9-32(27(38)39)16(3)13-31/h4-7,10-12,15-16,34-35H,8-9,13-14H2,1-3H3,(H,29,37)(H,38,39). The molecule has 1 aliphatic heterocycles. The second-order valence-electron chi connectivity index (χ2n) is 10.1. The van der Waals surface area contributed by atoms with Crippen LogP contribution in [-0.4, -0.2) is 87.2 Å². The van der Waals surface area contributed by atoms with Crippen LogP contribution in [0, 0.1) is 0 Å². The summed E-state index contributed by atoms with van der Waals surface area (Å²) in [6.07, 6.45) is 0.821. The largest absolute Gasteiger partial charge is 0.508 e. The van der Waals surface area contributed by atoms with Crippen LogP contribution in [0.4, 0.5) is 4.79 Å². The van der Waals surface area contributed by atoms with Gasteiger partial charge < -0.3 is 34.8 Å². The molecule has 5 rings (SSSR count). The van der Waals surface area contributed by atoms with Crippen molar-refractivity contribution < 1.29 is 30.0 Å². The molecule has 39 heavy (non-hydrogen) atoms. The normalized spacial score (nSPS) is 15.8. The summed E-state index contributed by atoms with van der Waals surface area (Å²) in [4.78, 5) is 27.3. The summed E-state index contributed by atoms with van der Waals surface area (Å²) in [5.41, 5.74) is 2.27. The zero-order chi connectivity index (χ0) is 28.0. The summed E-state index contributed by atoms with van der Waals surface area (Å²) in [7, 11) is 0. The molecule has 12 nitrogen and oxygen atoms in total. The molecule has 4 aromatic rings. The molecule has 2 aromatic carbocycles. The van der Waals surface area contributed by atoms with Crippen LogP contribution in [0.1, 0.15) is 32.3 Å². The number of amides is 2. The van der Waals surface area contributed by atoms with Gasteiger partial charge in [-0.3, -0.25) is 4.79 Å². The van der Waals surface area contributed by atoms with Crippen LogP contribution < -0.4 is 0 Å². The Morgan fingerprint density at radius 3 is 2.49 bits per heavy atom. The second kappa shape index (κ2) is 9.86. The lowest BCUT2D eigenvalue weighted by Crippen LogP contribution is -2.55. The predicted octanol–water partition coefficient (Wildman–Crippen LogP) is 3.34. The van der Waals surface area contributed by atoms with Gasteiger partial charge >= 0.3 is 12.1 Å². The quantitative estimate of drug-likeness (QED) is 0.304. The SMILES string of the molecule is CC(C)c1cc(-c2nnc(O)n2-c2ccc3c(ccn3CC(=O)N3CCN(C(=O)O)C(C)C3)c2)c(O)cc1O. The van der Waals surface area contributed by atoms with Gasteiger partial charge in [-0.05, 0) is 48.7 Å². The van der Waals surface area contributed by atoms with E-state index in [4.69, 9.17) is 0 Å². The van der Waals surface area contributed by atoms with Gasteiger partial charge in [0.15, 0.2) is 5.82 Å². The number of carboxylic acid groups (broad SMARTS) is 1. The van der Waals surface area contributed by atoms with Crippen LogP contribution in [0.25, 0.3) is 28.0 Å². The fourth-order valence-electron chi connectivity index (χ4n) is 5.10. The van der Waals surface area contributed by atoms with E-state index >= 15 is 0 Å². The van der Waals surface area contributed by atoms with Crippen molar-refractivity contribution in [3.8, 4) is 34.6 Å². The Kier molecular flexibility index (Phi) is 6.54. The Morgan fingerprint density at radius 1 is 1.03 bits per heavy atom. The van der Waals surface area contributed by atoms with Gasteiger partial charge in [-0.1, -0.05) is 18.9 Å². The Hall–Kier alpha value is -4.74. The fraction of sp³-hybridized carbons (Fsp3) is 0.333. The highest BCUT2D eigenvalue weighted by molar-refractivity contribution is 5.85. The lowest BCUT2D eigenvalue weighted by atomic mass is 9.98. The van der Waals surface area contributed by atoms with E-state index in [1.807, 2.05) is 36.6 Å². The highest BCUT2D eigenvalue weighted by atomic mass is 16.4. The highest BCUT2D eigenvalue weighted by Crippen LogP contribution is 2.39. The molecule has 2 amide bonds. The minimum atomic E-state index is -0.981. The van der Waals surface area contributed by atoms with Gasteiger partial charge in [0.05, 0.1) is 11.3 Å². The number of piperazine rings is 1. The summed E-state index contributed by atoms with van der Waals surface area (Å²) in [6.45, 7) is 6.68. The summed E-state index contributed by atoms with van der Waals surface area (Å²) < 4.78 is 3.23. The molecule has 0 radical (unpaired) electrons. The van der Waals surface area contributed by atoms with E-state index in [1.165, 1.54) is 15.5 Å². The van der Waals surface area contributed by atoms with Gasteiger partial charge in [0.2, 0.25) is 5.91 Å². The monoisotopic (exact) mass is 534 g/mol. The van der Waals surface area contributed by atoms with Gasteiger partial charge in [-0.2, -0.15) is 0 Å². The van der Waals surface area contributed by atoms with E-state index in [1.54, 1.807) is 30.2 Å². The van der Waals surface area contributed by atoms with E-state index in [0.717, 1.165) is 10.9 Å². The molecule has 0 saturated carbocycles. The Labute approximate surface area is 224 Å². The summed E-state index contributed by atoms with van der Waals surface area (Å²) in [5.74, 6) is -0.143. The maximum absolute atomic E-state index is 13.0. The van der Waals surface area contributed by atoms with Gasteiger partial charge in [0.25, 0.3) is 0 Å². The first-order chi connectivity index (χ1) is 18.5. The van der Waals surface area contributed by atoms with Crippen molar-refractivity contribution in [1.29, 1.82) is 0 Å². The van der Waals surface area contributed by atoms with Crippen molar-refractivity contribution in [3.63, 3.8) is 0 Å². The molecule has 12 heteroatoms. The number of nitrogens with zero attached hydrogens (tertiary/aromatic N) is 6. The Bertz CT molecular complexity index is 1570. The lowest BCUT2D eigenvalue weighted by Gasteiger charge is -2.38. The molecule has 3 heterocycles. The third kappa shape index (κ3) is 4.69. The molecule has 2 aromatic heterocycles. The van der Waals surface area contributed by atoms with Crippen LogP contribution in [0.3, 0.4) is 0 Å². The van der Waals surface area contributed by atoms with Crippen molar-refractivity contribution in [2.75, 3.05) is 19.6 Å². The van der Waals surface area contributed by atoms with Crippen molar-refractivity contribution >= 4 is 22.9 Å². The van der Waals surface area contributed by atoms with E-state index in [9.17, 15) is 30.0 Å². The van der Waals surface area contributed by atoms with Gasteiger partial charge in [-0.25, -0.2) is 9.36 Å². The van der Waals surface area contributed by atoms with Crippen molar-refractivity contribution in [3.05, 3.63) is 48.2 Å². The van der Waals surface area contributed by atoms with Gasteiger partial charge in [-0.15, -0.1) is 5.10 Å². The number of hydrogen-bond donors (Lipinski definition) is 4. The molecule has 1 unspecified atom stereocenters. The number of fused-ring (bicyclic) bond motifs is 1. The van der Waals surface area contributed by atoms with E-state index in [0.29, 0.717) is 29.9 Å². The minimum absolute atomic E-state index is 0.0163. The Morgan fingerprint density at radius 2 is 1.79 bits per heavy atom. The average molecular weight is 535 g/mol. The van der Waals surface area contributed by atoms with Crippen LogP contribution in [0.5, 0.6) is 17.5 Å². The first kappa shape index (κ1) is 25.9. The lowest BCUT2D eigenvalue weighted by molar-refractivity contribution is -0.134. The first-order valence-electron chi connectivity index (χ1n) is 12.6. The summed E-state index contributed by atoms with van der Waals surface area (Å²) >= 11 is 0. The van der Waals surface area contributed by atoms with Crippen molar-refractivity contribution in [2.24, 2.45) is 0 Å². The molecule has 0 bridgehead atoms. The maximum atomic E-state index is 13.0. The molecule has 1 fully saturated rings. The van der Waals surface area contributed by atoms with Gasteiger partial charge in [0, 0.05) is 48.8 Å². The van der Waals surface area contributed by atoms with Crippen LogP contribution >= 0.6 is 0 Å². The molecule has 0 spiro atoms. The smallest absolute Gasteiger partial charge is 0.407 e. The van der Waals surface area contributed by atoms with Crippen LogP contribution in [0.15, 0.2) is 42.6 Å². The number of aromatic hydroxyl groups is 3. The number of benzene rings is 2. The number of phenols is 2. The van der Waals surface area contributed by atoms with E-state index in [-0.39, 0.29) is 54.3 Å². The Balaban J connectivity index is 1.43. The predicted molar refractivity (Wildman–Crippen MR) is 142 cm³/mol. The second-order valence-corrected chi connectivity index (χ2v) is 10.1. The molecular formula is C27H30N6O6. The molecule has 204 valence electrons. The van der Waals surface area contributed by atoms with Crippen molar-refractivity contribution in [2.45, 2.75) is 39.3 Å². The molecular weight excluding hydrogens is 504 g/mol. The molecule has 0 aliphatic carbocycles. The average Bonchev–Trinajstić information content (AvgIpc) is 3.46. The molecule has 4 N–H and O–H groups in total. The summed E-state index contributed by atoms with van der Waals surface area (Å²) in [6, 6.07) is 9.49. The highest BCUT2D eigenvalue weighted by Gasteiger charge is 2.29. The number of rotatable bonds is 5. The van der Waals surface area contributed by atoms with Crippen LogP contribution in [-0.2, 0) is 11.3 Å². The zero-order valence-corrected chi connectivity index (χ0v) is 21.8. The number of carbonyl (C=O) groups is 2. The topological polar surface area (TPSA) is 157 Å². The van der Waals surface area contributed by atoms with E-state index in [2.05, 4.69) is 10.2 Å². The molecule has 1 saturated heterocycles. The first-order valence-corrected chi connectivity index (χ1v) is 12.6. The van der Waals surface area contributed by atoms with Gasteiger partial charge in [0.1, 0.15) is 18.0 Å². The van der Waals surface area contributed by atoms with Crippen LogP contribution in [0.2, 0.25) is 0 Å². The zero-order valence-electron chi connectivity index (χ0n) is 21.8. The molecule has 1 aliphatic rings.